The summed E-state index contributed by atoms with van der Waals surface area (Å²) in [5.74, 6) is 0.648. The van der Waals surface area contributed by atoms with E-state index in [0.717, 1.165) is 19.4 Å². The van der Waals surface area contributed by atoms with Gasteiger partial charge >= 0.3 is 6.09 Å². The summed E-state index contributed by atoms with van der Waals surface area (Å²) in [5, 5.41) is 0. The van der Waals surface area contributed by atoms with Crippen molar-refractivity contribution in [2.45, 2.75) is 53.9 Å². The van der Waals surface area contributed by atoms with Gasteiger partial charge in [-0.05, 0) is 24.2 Å². The van der Waals surface area contributed by atoms with Gasteiger partial charge in [-0.1, -0.05) is 53.2 Å². The summed E-state index contributed by atoms with van der Waals surface area (Å²) in [6, 6.07) is 0. The Bertz CT molecular complexity index is 279. The molecule has 0 aliphatic rings. The second kappa shape index (κ2) is 9.00. The lowest BCUT2D eigenvalue weighted by Gasteiger charge is -2.21. The van der Waals surface area contributed by atoms with Gasteiger partial charge in [0.05, 0.1) is 6.61 Å². The van der Waals surface area contributed by atoms with Crippen molar-refractivity contribution >= 4 is 6.09 Å². The van der Waals surface area contributed by atoms with Gasteiger partial charge in [0.25, 0.3) is 0 Å². The lowest BCUT2D eigenvalue weighted by Crippen LogP contribution is -2.31. The van der Waals surface area contributed by atoms with Gasteiger partial charge in [0, 0.05) is 13.6 Å². The highest BCUT2D eigenvalue weighted by molar-refractivity contribution is 5.67. The first-order valence-corrected chi connectivity index (χ1v) is 7.31. The van der Waals surface area contributed by atoms with Crippen LogP contribution in [0.5, 0.6) is 0 Å². The molecule has 0 aromatic rings. The van der Waals surface area contributed by atoms with Crippen LogP contribution >= 0.6 is 0 Å². The summed E-state index contributed by atoms with van der Waals surface area (Å²) in [6.07, 6.45) is 7.41. The number of rotatable bonds is 7. The van der Waals surface area contributed by atoms with Crippen molar-refractivity contribution in [1.29, 1.82) is 0 Å². The summed E-state index contributed by atoms with van der Waals surface area (Å²) in [5.41, 5.74) is 0.0233. The summed E-state index contributed by atoms with van der Waals surface area (Å²) in [6.45, 7) is 11.8. The average molecular weight is 269 g/mol. The Labute approximate surface area is 119 Å². The number of amides is 1. The van der Waals surface area contributed by atoms with E-state index in [0.29, 0.717) is 12.5 Å². The monoisotopic (exact) mass is 269 g/mol. The number of ether oxygens (including phenoxy) is 1. The van der Waals surface area contributed by atoms with Gasteiger partial charge in [-0.3, -0.25) is 0 Å². The van der Waals surface area contributed by atoms with Gasteiger partial charge < -0.3 is 9.64 Å². The third-order valence-corrected chi connectivity index (χ3v) is 2.91. The van der Waals surface area contributed by atoms with Crippen molar-refractivity contribution in [3.8, 4) is 0 Å². The zero-order valence-electron chi connectivity index (χ0n) is 13.5. The van der Waals surface area contributed by atoms with Crippen molar-refractivity contribution < 1.29 is 9.53 Å². The number of carbonyl (C=O) groups excluding carboxylic acids is 1. The van der Waals surface area contributed by atoms with Crippen LogP contribution < -0.4 is 0 Å². The molecule has 3 nitrogen and oxygen atoms in total. The average Bonchev–Trinajstić information content (AvgIpc) is 2.33. The van der Waals surface area contributed by atoms with Gasteiger partial charge in [-0.25, -0.2) is 4.79 Å². The van der Waals surface area contributed by atoms with Crippen LogP contribution in [0, 0.1) is 11.3 Å². The fourth-order valence-electron chi connectivity index (χ4n) is 1.39. The molecule has 0 fully saturated rings. The quantitative estimate of drug-likeness (QED) is 0.503. The smallest absolute Gasteiger partial charge is 0.409 e. The Hall–Kier alpha value is -0.990. The molecule has 0 aliphatic heterocycles. The molecule has 0 aromatic heterocycles. The van der Waals surface area contributed by atoms with Crippen molar-refractivity contribution in [2.24, 2.45) is 11.3 Å². The van der Waals surface area contributed by atoms with Gasteiger partial charge in [0.15, 0.2) is 0 Å². The van der Waals surface area contributed by atoms with E-state index in [1.54, 1.807) is 11.9 Å². The number of hydrogen-bond acceptors (Lipinski definition) is 2. The largest absolute Gasteiger partial charge is 0.449 e. The molecule has 0 saturated heterocycles. The summed E-state index contributed by atoms with van der Waals surface area (Å²) in [7, 11) is 1.80. The van der Waals surface area contributed by atoms with Crippen LogP contribution in [-0.2, 0) is 4.74 Å². The third-order valence-electron chi connectivity index (χ3n) is 2.91. The molecule has 0 rings (SSSR count). The number of allylic oxidation sites excluding steroid dienone is 2. The maximum absolute atomic E-state index is 11.7. The maximum Gasteiger partial charge on any atom is 0.409 e. The van der Waals surface area contributed by atoms with E-state index in [4.69, 9.17) is 4.74 Å². The molecular weight excluding hydrogens is 238 g/mol. The molecule has 1 atom stereocenters. The highest BCUT2D eigenvalue weighted by Gasteiger charge is 2.15. The summed E-state index contributed by atoms with van der Waals surface area (Å²) < 4.78 is 5.25. The van der Waals surface area contributed by atoms with E-state index in [1.807, 2.05) is 0 Å². The maximum atomic E-state index is 11.7. The SMILES string of the molecule is CCC(C)/C=C\CCCN(C)C(=O)OCC(C)(C)C. The first kappa shape index (κ1) is 18.0. The Morgan fingerprint density at radius 3 is 2.53 bits per heavy atom. The molecular formula is C16H31NO2. The van der Waals surface area contributed by atoms with E-state index in [1.165, 1.54) is 6.42 Å². The third kappa shape index (κ3) is 10.6. The molecule has 0 heterocycles. The van der Waals surface area contributed by atoms with E-state index in [-0.39, 0.29) is 11.5 Å². The molecule has 19 heavy (non-hydrogen) atoms. The summed E-state index contributed by atoms with van der Waals surface area (Å²) >= 11 is 0. The standard InChI is InChI=1S/C16H31NO2/c1-7-14(2)11-9-8-10-12-17(6)15(18)19-13-16(3,4)5/h9,11,14H,7-8,10,12-13H2,1-6H3/b11-9-. The van der Waals surface area contributed by atoms with E-state index in [2.05, 4.69) is 46.8 Å². The highest BCUT2D eigenvalue weighted by Crippen LogP contribution is 2.13. The van der Waals surface area contributed by atoms with Crippen LogP contribution in [0.2, 0.25) is 0 Å². The molecule has 0 saturated carbocycles. The minimum Gasteiger partial charge on any atom is -0.449 e. The Balaban J connectivity index is 3.77. The molecule has 1 unspecified atom stereocenters. The highest BCUT2D eigenvalue weighted by atomic mass is 16.6. The van der Waals surface area contributed by atoms with Crippen molar-refractivity contribution in [3.05, 3.63) is 12.2 Å². The van der Waals surface area contributed by atoms with Crippen LogP contribution in [0.15, 0.2) is 12.2 Å². The van der Waals surface area contributed by atoms with E-state index >= 15 is 0 Å². The van der Waals surface area contributed by atoms with Crippen LogP contribution in [0.25, 0.3) is 0 Å². The van der Waals surface area contributed by atoms with Gasteiger partial charge in [-0.2, -0.15) is 0 Å². The molecule has 0 radical (unpaired) electrons. The summed E-state index contributed by atoms with van der Waals surface area (Å²) in [4.78, 5) is 13.3. The zero-order chi connectivity index (χ0) is 14.9. The number of nitrogens with zero attached hydrogens (tertiary/aromatic N) is 1. The lowest BCUT2D eigenvalue weighted by molar-refractivity contribution is 0.0785. The van der Waals surface area contributed by atoms with Crippen molar-refractivity contribution in [3.63, 3.8) is 0 Å². The van der Waals surface area contributed by atoms with Gasteiger partial charge in [0.1, 0.15) is 0 Å². The fraction of sp³-hybridized carbons (Fsp3) is 0.812. The first-order chi connectivity index (χ1) is 8.76. The first-order valence-electron chi connectivity index (χ1n) is 7.31. The van der Waals surface area contributed by atoms with E-state index < -0.39 is 0 Å². The van der Waals surface area contributed by atoms with Crippen LogP contribution in [-0.4, -0.2) is 31.2 Å². The fourth-order valence-corrected chi connectivity index (χ4v) is 1.39. The Kier molecular flexibility index (Phi) is 8.53. The van der Waals surface area contributed by atoms with Crippen LogP contribution in [0.4, 0.5) is 4.79 Å². The number of unbranched alkanes of at least 4 members (excludes halogenated alkanes) is 1. The van der Waals surface area contributed by atoms with Crippen molar-refractivity contribution in [2.75, 3.05) is 20.2 Å². The molecule has 0 spiro atoms. The molecule has 3 heteroatoms. The lowest BCUT2D eigenvalue weighted by atomic mass is 9.99. The normalized spacial score (nSPS) is 13.6. The van der Waals surface area contributed by atoms with E-state index in [9.17, 15) is 4.79 Å². The molecule has 0 aromatic carbocycles. The second-order valence-corrected chi connectivity index (χ2v) is 6.49. The second-order valence-electron chi connectivity index (χ2n) is 6.49. The van der Waals surface area contributed by atoms with Crippen LogP contribution in [0.3, 0.4) is 0 Å². The molecule has 0 N–H and O–H groups in total. The van der Waals surface area contributed by atoms with Crippen molar-refractivity contribution in [1.82, 2.24) is 4.90 Å². The minimum atomic E-state index is -0.221. The molecule has 0 bridgehead atoms. The topological polar surface area (TPSA) is 29.5 Å². The Morgan fingerprint density at radius 1 is 1.37 bits per heavy atom. The number of carbonyl (C=O) groups is 1. The van der Waals surface area contributed by atoms with Gasteiger partial charge in [0.2, 0.25) is 0 Å². The number of hydrogen-bond donors (Lipinski definition) is 0. The van der Waals surface area contributed by atoms with Crippen LogP contribution in [0.1, 0.15) is 53.9 Å². The predicted octanol–water partition coefficient (Wildman–Crippen LogP) is 4.48. The predicted molar refractivity (Wildman–Crippen MR) is 81.3 cm³/mol. The zero-order valence-corrected chi connectivity index (χ0v) is 13.5. The Morgan fingerprint density at radius 2 is 2.00 bits per heavy atom. The molecule has 112 valence electrons. The van der Waals surface area contributed by atoms with Gasteiger partial charge in [-0.15, -0.1) is 0 Å². The molecule has 1 amide bonds. The molecule has 0 aliphatic carbocycles. The minimum absolute atomic E-state index is 0.0233.